The molecule has 0 unspecified atom stereocenters. The lowest BCUT2D eigenvalue weighted by molar-refractivity contribution is -0.130. The molecule has 4 nitrogen and oxygen atoms in total. The number of carbonyl (C=O) groups is 1. The van der Waals surface area contributed by atoms with E-state index in [0.717, 1.165) is 0 Å². The fourth-order valence-corrected chi connectivity index (χ4v) is 3.15. The van der Waals surface area contributed by atoms with E-state index in [1.165, 1.54) is 6.07 Å². The molecule has 6 heteroatoms. The third-order valence-electron chi connectivity index (χ3n) is 3.56. The highest BCUT2D eigenvalue weighted by Crippen LogP contribution is 2.30. The molecule has 0 fully saturated rings. The van der Waals surface area contributed by atoms with E-state index in [1.54, 1.807) is 30.0 Å². The fourth-order valence-electron chi connectivity index (χ4n) is 2.31. The molecule has 2 aromatic carbocycles. The highest BCUT2D eigenvalue weighted by Gasteiger charge is 2.26. The maximum absolute atomic E-state index is 13.5. The Balaban J connectivity index is 1.38. The molecule has 1 atom stereocenters. The van der Waals surface area contributed by atoms with Gasteiger partial charge < -0.3 is 14.8 Å². The van der Waals surface area contributed by atoms with Crippen molar-refractivity contribution in [2.24, 2.45) is 0 Å². The van der Waals surface area contributed by atoms with Gasteiger partial charge in [-0.15, -0.1) is 0 Å². The molecule has 1 amide bonds. The molecule has 2 aromatic rings. The van der Waals surface area contributed by atoms with Gasteiger partial charge in [-0.2, -0.15) is 11.8 Å². The van der Waals surface area contributed by atoms with Crippen molar-refractivity contribution < 1.29 is 18.7 Å². The minimum atomic E-state index is -0.642. The Morgan fingerprint density at radius 3 is 2.75 bits per heavy atom. The van der Waals surface area contributed by atoms with Crippen molar-refractivity contribution in [3.63, 3.8) is 0 Å². The Morgan fingerprint density at radius 1 is 1.17 bits per heavy atom. The van der Waals surface area contributed by atoms with Gasteiger partial charge in [-0.25, -0.2) is 4.39 Å². The lowest BCUT2D eigenvalue weighted by Crippen LogP contribution is -2.44. The number of ether oxygens (including phenoxy) is 2. The Labute approximate surface area is 144 Å². The average molecular weight is 347 g/mol. The van der Waals surface area contributed by atoms with Gasteiger partial charge in [0.05, 0.1) is 0 Å². The predicted octanol–water partition coefficient (Wildman–Crippen LogP) is 3.02. The van der Waals surface area contributed by atoms with Crippen LogP contribution in [0.4, 0.5) is 4.39 Å². The normalized spacial score (nSPS) is 15.8. The topological polar surface area (TPSA) is 47.6 Å². The van der Waals surface area contributed by atoms with Gasteiger partial charge in [-0.05, 0) is 23.8 Å². The van der Waals surface area contributed by atoms with Crippen molar-refractivity contribution in [3.05, 3.63) is 59.9 Å². The molecule has 1 N–H and O–H groups in total. The van der Waals surface area contributed by atoms with Crippen LogP contribution in [0.1, 0.15) is 5.56 Å². The first-order valence-electron chi connectivity index (χ1n) is 7.71. The van der Waals surface area contributed by atoms with Gasteiger partial charge in [0.25, 0.3) is 5.91 Å². The SMILES string of the molecule is O=C(NCCSCc1ccccc1F)[C@@H]1COc2ccccc2O1. The summed E-state index contributed by atoms with van der Waals surface area (Å²) in [6.07, 6.45) is -0.642. The van der Waals surface area contributed by atoms with E-state index in [-0.39, 0.29) is 18.3 Å². The van der Waals surface area contributed by atoms with E-state index < -0.39 is 6.10 Å². The molecule has 1 aliphatic rings. The van der Waals surface area contributed by atoms with E-state index in [4.69, 9.17) is 9.47 Å². The van der Waals surface area contributed by atoms with Gasteiger partial charge in [0, 0.05) is 18.1 Å². The number of halogens is 1. The van der Waals surface area contributed by atoms with E-state index in [0.29, 0.717) is 35.1 Å². The standard InChI is InChI=1S/C18H18FNO3S/c19-14-6-2-1-5-13(14)12-24-10-9-20-18(21)17-11-22-15-7-3-4-8-16(15)23-17/h1-8,17H,9-12H2,(H,20,21)/t17-/m0/s1. The molecule has 24 heavy (non-hydrogen) atoms. The summed E-state index contributed by atoms with van der Waals surface area (Å²) in [5.41, 5.74) is 0.675. The molecular weight excluding hydrogens is 329 g/mol. The van der Waals surface area contributed by atoms with Crippen LogP contribution in [-0.4, -0.2) is 30.9 Å². The Bertz CT molecular complexity index is 710. The summed E-state index contributed by atoms with van der Waals surface area (Å²) < 4.78 is 24.6. The number of fused-ring (bicyclic) bond motifs is 1. The summed E-state index contributed by atoms with van der Waals surface area (Å²) in [5, 5.41) is 2.83. The first-order chi connectivity index (χ1) is 11.7. The zero-order valence-corrected chi connectivity index (χ0v) is 13.9. The first kappa shape index (κ1) is 16.6. The first-order valence-corrected chi connectivity index (χ1v) is 8.87. The van der Waals surface area contributed by atoms with Gasteiger partial charge >= 0.3 is 0 Å². The number of hydrogen-bond acceptors (Lipinski definition) is 4. The summed E-state index contributed by atoms with van der Waals surface area (Å²) in [4.78, 5) is 12.1. The van der Waals surface area contributed by atoms with Crippen molar-refractivity contribution in [3.8, 4) is 11.5 Å². The van der Waals surface area contributed by atoms with Crippen LogP contribution < -0.4 is 14.8 Å². The van der Waals surface area contributed by atoms with Gasteiger partial charge in [-0.1, -0.05) is 30.3 Å². The predicted molar refractivity (Wildman–Crippen MR) is 91.9 cm³/mol. The van der Waals surface area contributed by atoms with Crippen molar-refractivity contribution in [2.45, 2.75) is 11.9 Å². The number of nitrogens with one attached hydrogen (secondary N) is 1. The van der Waals surface area contributed by atoms with Gasteiger partial charge in [0.1, 0.15) is 12.4 Å². The maximum Gasteiger partial charge on any atom is 0.264 e. The lowest BCUT2D eigenvalue weighted by Gasteiger charge is -2.25. The van der Waals surface area contributed by atoms with Crippen molar-refractivity contribution in [1.29, 1.82) is 0 Å². The monoisotopic (exact) mass is 347 g/mol. The molecule has 0 aliphatic carbocycles. The second-order valence-electron chi connectivity index (χ2n) is 5.30. The maximum atomic E-state index is 13.5. The largest absolute Gasteiger partial charge is 0.485 e. The van der Waals surface area contributed by atoms with Crippen LogP contribution >= 0.6 is 11.8 Å². The summed E-state index contributed by atoms with van der Waals surface area (Å²) >= 11 is 1.57. The van der Waals surface area contributed by atoms with E-state index in [9.17, 15) is 9.18 Å². The highest BCUT2D eigenvalue weighted by atomic mass is 32.2. The molecule has 0 saturated carbocycles. The number of amides is 1. The van der Waals surface area contributed by atoms with Crippen LogP contribution in [0.3, 0.4) is 0 Å². The highest BCUT2D eigenvalue weighted by molar-refractivity contribution is 7.98. The van der Waals surface area contributed by atoms with Gasteiger partial charge in [-0.3, -0.25) is 4.79 Å². The molecule has 1 heterocycles. The van der Waals surface area contributed by atoms with Gasteiger partial charge in [0.2, 0.25) is 6.10 Å². The molecule has 0 spiro atoms. The average Bonchev–Trinajstić information content (AvgIpc) is 2.62. The van der Waals surface area contributed by atoms with Crippen LogP contribution in [-0.2, 0) is 10.5 Å². The molecule has 0 radical (unpaired) electrons. The minimum Gasteiger partial charge on any atom is -0.485 e. The molecule has 3 rings (SSSR count). The second kappa shape index (κ2) is 8.06. The molecule has 0 bridgehead atoms. The Hall–Kier alpha value is -2.21. The number of benzene rings is 2. The summed E-state index contributed by atoms with van der Waals surface area (Å²) in [5.74, 6) is 2.12. The summed E-state index contributed by atoms with van der Waals surface area (Å²) in [6.45, 7) is 0.699. The zero-order chi connectivity index (χ0) is 16.8. The van der Waals surface area contributed by atoms with Crippen molar-refractivity contribution in [1.82, 2.24) is 5.32 Å². The Morgan fingerprint density at radius 2 is 1.92 bits per heavy atom. The number of thioether (sulfide) groups is 1. The van der Waals surface area contributed by atoms with E-state index in [1.807, 2.05) is 24.3 Å². The molecule has 1 aliphatic heterocycles. The Kier molecular flexibility index (Phi) is 5.59. The van der Waals surface area contributed by atoms with Crippen LogP contribution in [0, 0.1) is 5.82 Å². The molecular formula is C18H18FNO3S. The molecule has 126 valence electrons. The number of hydrogen-bond donors (Lipinski definition) is 1. The number of para-hydroxylation sites is 2. The van der Waals surface area contributed by atoms with Crippen LogP contribution in [0.15, 0.2) is 48.5 Å². The third kappa shape index (κ3) is 4.20. The van der Waals surface area contributed by atoms with E-state index >= 15 is 0 Å². The van der Waals surface area contributed by atoms with Crippen LogP contribution in [0.2, 0.25) is 0 Å². The van der Waals surface area contributed by atoms with Crippen LogP contribution in [0.25, 0.3) is 0 Å². The second-order valence-corrected chi connectivity index (χ2v) is 6.40. The smallest absolute Gasteiger partial charge is 0.264 e. The summed E-state index contributed by atoms with van der Waals surface area (Å²) in [6, 6.07) is 14.0. The minimum absolute atomic E-state index is 0.194. The number of rotatable bonds is 6. The van der Waals surface area contributed by atoms with Crippen molar-refractivity contribution >= 4 is 17.7 Å². The molecule has 0 saturated heterocycles. The summed E-state index contributed by atoms with van der Waals surface area (Å²) in [7, 11) is 0. The zero-order valence-electron chi connectivity index (χ0n) is 13.0. The quantitative estimate of drug-likeness (QED) is 0.816. The fraction of sp³-hybridized carbons (Fsp3) is 0.278. The van der Waals surface area contributed by atoms with Gasteiger partial charge in [0.15, 0.2) is 11.5 Å². The lowest BCUT2D eigenvalue weighted by atomic mass is 10.2. The molecule has 0 aromatic heterocycles. The van der Waals surface area contributed by atoms with Crippen molar-refractivity contribution in [2.75, 3.05) is 18.9 Å². The number of carbonyl (C=O) groups excluding carboxylic acids is 1. The third-order valence-corrected chi connectivity index (χ3v) is 4.57. The van der Waals surface area contributed by atoms with Crippen LogP contribution in [0.5, 0.6) is 11.5 Å². The van der Waals surface area contributed by atoms with E-state index in [2.05, 4.69) is 5.32 Å².